The Morgan fingerprint density at radius 3 is 2.20 bits per heavy atom. The van der Waals surface area contributed by atoms with Gasteiger partial charge in [-0.25, -0.2) is 0 Å². The maximum Gasteiger partial charge on any atom is 0.119 e. The molecule has 1 aliphatic heterocycles. The van der Waals surface area contributed by atoms with Crippen LogP contribution in [0.25, 0.3) is 0 Å². The molecule has 1 saturated heterocycles. The Balaban J connectivity index is 0.00000256. The molecule has 0 bridgehead atoms. The van der Waals surface area contributed by atoms with Gasteiger partial charge >= 0.3 is 0 Å². The van der Waals surface area contributed by atoms with E-state index in [0.717, 1.165) is 24.3 Å². The summed E-state index contributed by atoms with van der Waals surface area (Å²) in [4.78, 5) is 2.38. The number of ether oxygens (including phenoxy) is 1. The minimum Gasteiger partial charge on any atom is -0.489 e. The average molecular weight is 424 g/mol. The molecule has 0 spiro atoms. The van der Waals surface area contributed by atoms with Crippen LogP contribution in [0.5, 0.6) is 5.75 Å². The van der Waals surface area contributed by atoms with Crippen molar-refractivity contribution in [2.45, 2.75) is 38.0 Å². The Labute approximate surface area is 185 Å². The fourth-order valence-electron chi connectivity index (χ4n) is 4.19. The van der Waals surface area contributed by atoms with Crippen molar-refractivity contribution < 1.29 is 9.84 Å². The van der Waals surface area contributed by atoms with E-state index in [4.69, 9.17) is 4.74 Å². The number of aliphatic hydroxyl groups excluding tert-OH is 1. The molecule has 3 nitrogen and oxygen atoms in total. The molecule has 3 aromatic carbocycles. The molecule has 0 radical (unpaired) electrons. The van der Waals surface area contributed by atoms with Crippen LogP contribution in [-0.2, 0) is 6.61 Å². The zero-order chi connectivity index (χ0) is 20.1. The van der Waals surface area contributed by atoms with Crippen LogP contribution in [0.1, 0.15) is 42.0 Å². The summed E-state index contributed by atoms with van der Waals surface area (Å²) in [7, 11) is 0. The minimum atomic E-state index is -0.356. The van der Waals surface area contributed by atoms with Crippen LogP contribution in [0, 0.1) is 0 Å². The second-order valence-corrected chi connectivity index (χ2v) is 7.89. The number of nitrogens with zero attached hydrogens (tertiary/aromatic N) is 1. The smallest absolute Gasteiger partial charge is 0.119 e. The number of halogens is 1. The van der Waals surface area contributed by atoms with Crippen molar-refractivity contribution in [2.24, 2.45) is 0 Å². The summed E-state index contributed by atoms with van der Waals surface area (Å²) in [5.41, 5.74) is 3.65. The van der Waals surface area contributed by atoms with Gasteiger partial charge in [0.1, 0.15) is 12.4 Å². The molecule has 3 aromatic rings. The zero-order valence-electron chi connectivity index (χ0n) is 17.4. The molecule has 0 aromatic heterocycles. The van der Waals surface area contributed by atoms with E-state index in [2.05, 4.69) is 60.4 Å². The van der Waals surface area contributed by atoms with Gasteiger partial charge in [0.2, 0.25) is 0 Å². The molecule has 0 amide bonds. The van der Waals surface area contributed by atoms with E-state index in [9.17, 15) is 5.11 Å². The molecule has 30 heavy (non-hydrogen) atoms. The van der Waals surface area contributed by atoms with Crippen LogP contribution in [0.4, 0.5) is 0 Å². The lowest BCUT2D eigenvalue weighted by atomic mass is 9.86. The van der Waals surface area contributed by atoms with Gasteiger partial charge in [0.05, 0.1) is 6.10 Å². The van der Waals surface area contributed by atoms with Gasteiger partial charge in [-0.15, -0.1) is 12.4 Å². The van der Waals surface area contributed by atoms with Crippen LogP contribution in [0.2, 0.25) is 0 Å². The van der Waals surface area contributed by atoms with E-state index in [1.807, 2.05) is 36.4 Å². The number of piperidine rings is 1. The highest BCUT2D eigenvalue weighted by Gasteiger charge is 2.31. The van der Waals surface area contributed by atoms with Gasteiger partial charge < -0.3 is 9.84 Å². The van der Waals surface area contributed by atoms with Crippen molar-refractivity contribution in [3.05, 3.63) is 102 Å². The third-order valence-corrected chi connectivity index (χ3v) is 6.00. The van der Waals surface area contributed by atoms with Crippen LogP contribution >= 0.6 is 12.4 Å². The van der Waals surface area contributed by atoms with Gasteiger partial charge in [0.15, 0.2) is 0 Å². The third-order valence-electron chi connectivity index (χ3n) is 6.00. The summed E-state index contributed by atoms with van der Waals surface area (Å²) in [5, 5.41) is 10.8. The van der Waals surface area contributed by atoms with Crippen molar-refractivity contribution in [2.75, 3.05) is 13.1 Å². The summed E-state index contributed by atoms with van der Waals surface area (Å²) in [5.74, 6) is 1.04. The van der Waals surface area contributed by atoms with Crippen molar-refractivity contribution in [3.63, 3.8) is 0 Å². The normalized spacial score (nSPS) is 20.2. The van der Waals surface area contributed by atoms with Gasteiger partial charge in [-0.1, -0.05) is 72.8 Å². The molecule has 1 heterocycles. The summed E-state index contributed by atoms with van der Waals surface area (Å²) >= 11 is 0. The Kier molecular flexibility index (Phi) is 7.92. The lowest BCUT2D eigenvalue weighted by Gasteiger charge is -2.39. The molecule has 158 valence electrons. The monoisotopic (exact) mass is 423 g/mol. The average Bonchev–Trinajstić information content (AvgIpc) is 2.79. The summed E-state index contributed by atoms with van der Waals surface area (Å²) in [6, 6.07) is 29.3. The molecule has 0 aliphatic carbocycles. The largest absolute Gasteiger partial charge is 0.489 e. The maximum atomic E-state index is 10.8. The van der Waals surface area contributed by atoms with E-state index >= 15 is 0 Å². The van der Waals surface area contributed by atoms with Crippen LogP contribution in [-0.4, -0.2) is 29.2 Å². The highest BCUT2D eigenvalue weighted by atomic mass is 35.5. The van der Waals surface area contributed by atoms with Crippen LogP contribution in [0.15, 0.2) is 84.9 Å². The lowest BCUT2D eigenvalue weighted by Crippen LogP contribution is -2.43. The number of hydrogen-bond acceptors (Lipinski definition) is 3. The van der Waals surface area contributed by atoms with Gasteiger partial charge in [-0.05, 0) is 48.7 Å². The SMILES string of the molecule is C[C@H](c1ccccc1)N1CC[C@H](c2ccc(OCc3ccccc3)cc2)[C@@H](O)C1.Cl. The maximum absolute atomic E-state index is 10.8. The zero-order valence-corrected chi connectivity index (χ0v) is 18.2. The summed E-state index contributed by atoms with van der Waals surface area (Å²) in [6.07, 6.45) is 0.605. The molecular formula is C26H30ClNO2. The van der Waals surface area contributed by atoms with Crippen molar-refractivity contribution in [1.82, 2.24) is 4.90 Å². The number of hydrogen-bond donors (Lipinski definition) is 1. The number of benzene rings is 3. The van der Waals surface area contributed by atoms with E-state index in [1.165, 1.54) is 11.1 Å². The second-order valence-electron chi connectivity index (χ2n) is 7.89. The van der Waals surface area contributed by atoms with Crippen LogP contribution < -0.4 is 4.74 Å². The number of likely N-dealkylation sites (tertiary alicyclic amines) is 1. The second kappa shape index (κ2) is 10.6. The lowest BCUT2D eigenvalue weighted by molar-refractivity contribution is 0.0329. The molecule has 4 rings (SSSR count). The van der Waals surface area contributed by atoms with Gasteiger partial charge in [0, 0.05) is 18.5 Å². The topological polar surface area (TPSA) is 32.7 Å². The molecule has 1 fully saturated rings. The predicted octanol–water partition coefficient (Wildman–Crippen LogP) is 5.60. The Bertz CT molecular complexity index is 886. The van der Waals surface area contributed by atoms with Gasteiger partial charge in [-0.3, -0.25) is 4.90 Å². The van der Waals surface area contributed by atoms with Crippen LogP contribution in [0.3, 0.4) is 0 Å². The van der Waals surface area contributed by atoms with Crippen molar-refractivity contribution >= 4 is 12.4 Å². The first kappa shape index (κ1) is 22.4. The molecule has 0 saturated carbocycles. The highest BCUT2D eigenvalue weighted by molar-refractivity contribution is 5.85. The molecule has 0 unspecified atom stereocenters. The van der Waals surface area contributed by atoms with E-state index in [0.29, 0.717) is 19.2 Å². The molecule has 1 aliphatic rings. The van der Waals surface area contributed by atoms with Crippen molar-refractivity contribution in [1.29, 1.82) is 0 Å². The Hall–Kier alpha value is -2.33. The van der Waals surface area contributed by atoms with Crippen molar-refractivity contribution in [3.8, 4) is 5.75 Å². The highest BCUT2D eigenvalue weighted by Crippen LogP contribution is 2.33. The Morgan fingerprint density at radius 2 is 1.57 bits per heavy atom. The molecular weight excluding hydrogens is 394 g/mol. The number of β-amino-alcohol motifs (C(OH)–C–C–N with tert-alkyl or cyclic N) is 1. The predicted molar refractivity (Wildman–Crippen MR) is 124 cm³/mol. The first-order chi connectivity index (χ1) is 14.2. The molecule has 4 heteroatoms. The molecule has 3 atom stereocenters. The summed E-state index contributed by atoms with van der Waals surface area (Å²) < 4.78 is 5.89. The van der Waals surface area contributed by atoms with Gasteiger partial charge in [0.25, 0.3) is 0 Å². The van der Waals surface area contributed by atoms with E-state index in [-0.39, 0.29) is 24.4 Å². The quantitative estimate of drug-likeness (QED) is 0.560. The Morgan fingerprint density at radius 1 is 0.933 bits per heavy atom. The summed E-state index contributed by atoms with van der Waals surface area (Å²) in [6.45, 7) is 4.48. The standard InChI is InChI=1S/C26H29NO2.ClH/c1-20(22-10-6-3-7-11-22)27-17-16-25(26(28)18-27)23-12-14-24(15-13-23)29-19-21-8-4-2-5-9-21;/h2-15,20,25-26,28H,16-19H2,1H3;1H/t20-,25-,26+;/m1./s1. The number of rotatable bonds is 6. The molecule has 1 N–H and O–H groups in total. The van der Waals surface area contributed by atoms with E-state index < -0.39 is 0 Å². The first-order valence-corrected chi connectivity index (χ1v) is 10.4. The first-order valence-electron chi connectivity index (χ1n) is 10.4. The van der Waals surface area contributed by atoms with E-state index in [1.54, 1.807) is 0 Å². The number of aliphatic hydroxyl groups is 1. The fraction of sp³-hybridized carbons (Fsp3) is 0.308. The fourth-order valence-corrected chi connectivity index (χ4v) is 4.19. The third kappa shape index (κ3) is 5.42. The van der Waals surface area contributed by atoms with Gasteiger partial charge in [-0.2, -0.15) is 0 Å². The minimum absolute atomic E-state index is 0.